The first kappa shape index (κ1) is 27.3. The van der Waals surface area contributed by atoms with E-state index in [4.69, 9.17) is 4.98 Å². The zero-order chi connectivity index (χ0) is 31.4. The summed E-state index contributed by atoms with van der Waals surface area (Å²) < 4.78 is 2.39. The van der Waals surface area contributed by atoms with Crippen molar-refractivity contribution in [2.45, 2.75) is 5.60 Å². The van der Waals surface area contributed by atoms with Crippen molar-refractivity contribution in [1.82, 2.24) is 9.55 Å². The molecule has 0 bridgehead atoms. The number of pyridine rings is 1. The van der Waals surface area contributed by atoms with E-state index in [9.17, 15) is 5.11 Å². The third-order valence-corrected chi connectivity index (χ3v) is 9.45. The van der Waals surface area contributed by atoms with Gasteiger partial charge in [0.25, 0.3) is 0 Å². The number of fused-ring (bicyclic) bond motifs is 7. The maximum absolute atomic E-state index is 12.6. The zero-order valence-electron chi connectivity index (χ0n) is 25.6. The van der Waals surface area contributed by atoms with E-state index in [2.05, 4.69) is 108 Å². The lowest BCUT2D eigenvalue weighted by Gasteiger charge is -2.30. The van der Waals surface area contributed by atoms with Gasteiger partial charge in [-0.25, -0.2) is 4.98 Å². The van der Waals surface area contributed by atoms with Crippen LogP contribution in [0, 0.1) is 0 Å². The monoisotopic (exact) mass is 602 g/mol. The van der Waals surface area contributed by atoms with Gasteiger partial charge in [-0.05, 0) is 47.0 Å². The molecule has 9 rings (SSSR count). The molecular weight excluding hydrogens is 572 g/mol. The summed E-state index contributed by atoms with van der Waals surface area (Å²) >= 11 is 0. The summed E-state index contributed by atoms with van der Waals surface area (Å²) in [5.74, 6) is 0. The molecule has 2 aromatic heterocycles. The van der Waals surface area contributed by atoms with Crippen LogP contribution < -0.4 is 0 Å². The Balaban J connectivity index is 1.38. The van der Waals surface area contributed by atoms with Crippen LogP contribution in [0.25, 0.3) is 60.4 Å². The summed E-state index contributed by atoms with van der Waals surface area (Å²) in [5, 5.41) is 18.4. The number of hydrogen-bond acceptors (Lipinski definition) is 2. The highest BCUT2D eigenvalue weighted by molar-refractivity contribution is 6.26. The van der Waals surface area contributed by atoms with Gasteiger partial charge in [0.2, 0.25) is 0 Å². The number of aromatic nitrogens is 2. The fraction of sp³-hybridized carbons (Fsp3) is 0.0227. The second-order valence-electron chi connectivity index (χ2n) is 12.1. The Labute approximate surface area is 272 Å². The lowest BCUT2D eigenvalue weighted by Crippen LogP contribution is -2.28. The van der Waals surface area contributed by atoms with E-state index in [1.165, 1.54) is 16.3 Å². The van der Waals surface area contributed by atoms with Crippen LogP contribution >= 0.6 is 0 Å². The van der Waals surface area contributed by atoms with Gasteiger partial charge in [0.15, 0.2) is 0 Å². The van der Waals surface area contributed by atoms with Crippen molar-refractivity contribution in [3.63, 3.8) is 0 Å². The van der Waals surface area contributed by atoms with E-state index in [-0.39, 0.29) is 0 Å². The molecule has 7 aromatic carbocycles. The Morgan fingerprint density at radius 1 is 0.468 bits per heavy atom. The predicted molar refractivity (Wildman–Crippen MR) is 194 cm³/mol. The molecule has 0 atom stereocenters. The highest BCUT2D eigenvalue weighted by Gasteiger charge is 2.34. The Morgan fingerprint density at radius 2 is 1.04 bits per heavy atom. The molecular formula is C44H30N2O. The smallest absolute Gasteiger partial charge is 0.140 e. The summed E-state index contributed by atoms with van der Waals surface area (Å²) in [7, 11) is 0. The Morgan fingerprint density at radius 3 is 1.77 bits per heavy atom. The van der Waals surface area contributed by atoms with E-state index >= 15 is 0 Å². The summed E-state index contributed by atoms with van der Waals surface area (Å²) in [5.41, 5.74) is 7.28. The molecule has 9 aromatic rings. The second kappa shape index (κ2) is 10.8. The number of benzene rings is 7. The van der Waals surface area contributed by atoms with Crippen LogP contribution in [0.1, 0.15) is 16.7 Å². The van der Waals surface area contributed by atoms with Gasteiger partial charge in [-0.2, -0.15) is 0 Å². The molecule has 0 amide bonds. The van der Waals surface area contributed by atoms with Gasteiger partial charge in [-0.1, -0.05) is 146 Å². The minimum Gasteiger partial charge on any atom is -0.376 e. The summed E-state index contributed by atoms with van der Waals surface area (Å²) in [6.07, 6.45) is 0. The minimum atomic E-state index is -1.35. The van der Waals surface area contributed by atoms with E-state index in [1.807, 2.05) is 72.8 Å². The van der Waals surface area contributed by atoms with E-state index in [0.29, 0.717) is 0 Å². The molecule has 0 aliphatic heterocycles. The average Bonchev–Trinajstić information content (AvgIpc) is 3.50. The first-order valence-corrected chi connectivity index (χ1v) is 16.0. The quantitative estimate of drug-likeness (QED) is 0.157. The summed E-state index contributed by atoms with van der Waals surface area (Å²) in [6, 6.07) is 60.2. The Hall–Kier alpha value is -6.03. The number of rotatable bonds is 5. The maximum atomic E-state index is 12.6. The Kier molecular flexibility index (Phi) is 6.27. The van der Waals surface area contributed by atoms with Gasteiger partial charge in [0, 0.05) is 38.2 Å². The third-order valence-electron chi connectivity index (χ3n) is 9.45. The topological polar surface area (TPSA) is 38.1 Å². The van der Waals surface area contributed by atoms with Crippen LogP contribution in [0.3, 0.4) is 0 Å². The standard InChI is InChI=1S/C44H30N2O/c47-44(31-16-4-1-5-17-31,32-18-6-2-7-19-32)33-20-14-15-30(29-33)42-38-28-27-36-35-23-11-13-26-40(35)46(34-21-8-3-9-22-34)43(36)41(38)37-24-10-12-25-39(37)45-42/h1-29,47H. The van der Waals surface area contributed by atoms with Gasteiger partial charge >= 0.3 is 0 Å². The first-order chi connectivity index (χ1) is 23.2. The molecule has 3 nitrogen and oxygen atoms in total. The van der Waals surface area contributed by atoms with Crippen molar-refractivity contribution < 1.29 is 5.11 Å². The van der Waals surface area contributed by atoms with Gasteiger partial charge < -0.3 is 9.67 Å². The molecule has 0 aliphatic carbocycles. The lowest BCUT2D eigenvalue weighted by atomic mass is 9.79. The molecule has 0 spiro atoms. The second-order valence-corrected chi connectivity index (χ2v) is 12.1. The molecule has 222 valence electrons. The summed E-state index contributed by atoms with van der Waals surface area (Å²) in [4.78, 5) is 5.31. The van der Waals surface area contributed by atoms with Crippen molar-refractivity contribution in [2.75, 3.05) is 0 Å². The lowest BCUT2D eigenvalue weighted by molar-refractivity contribution is 0.126. The van der Waals surface area contributed by atoms with Crippen LogP contribution in [-0.4, -0.2) is 14.7 Å². The van der Waals surface area contributed by atoms with Crippen molar-refractivity contribution in [3.05, 3.63) is 193 Å². The Bertz CT molecular complexity index is 2530. The largest absolute Gasteiger partial charge is 0.376 e. The van der Waals surface area contributed by atoms with Crippen molar-refractivity contribution in [3.8, 4) is 16.9 Å². The number of para-hydroxylation sites is 3. The van der Waals surface area contributed by atoms with Crippen molar-refractivity contribution in [1.29, 1.82) is 0 Å². The molecule has 0 saturated heterocycles. The van der Waals surface area contributed by atoms with Crippen LogP contribution in [0.15, 0.2) is 176 Å². The summed E-state index contributed by atoms with van der Waals surface area (Å²) in [6.45, 7) is 0. The molecule has 2 heterocycles. The van der Waals surface area contributed by atoms with Gasteiger partial charge in [0.1, 0.15) is 5.60 Å². The van der Waals surface area contributed by atoms with E-state index < -0.39 is 5.60 Å². The van der Waals surface area contributed by atoms with E-state index in [1.54, 1.807) is 0 Å². The molecule has 3 heteroatoms. The van der Waals surface area contributed by atoms with E-state index in [0.717, 1.165) is 60.8 Å². The maximum Gasteiger partial charge on any atom is 0.140 e. The zero-order valence-corrected chi connectivity index (χ0v) is 25.6. The third kappa shape index (κ3) is 4.21. The van der Waals surface area contributed by atoms with Gasteiger partial charge in [0.05, 0.1) is 22.2 Å². The highest BCUT2D eigenvalue weighted by atomic mass is 16.3. The number of aliphatic hydroxyl groups is 1. The molecule has 0 unspecified atom stereocenters. The fourth-order valence-electron chi connectivity index (χ4n) is 7.31. The van der Waals surface area contributed by atoms with Gasteiger partial charge in [-0.3, -0.25) is 0 Å². The van der Waals surface area contributed by atoms with Crippen molar-refractivity contribution >= 4 is 43.5 Å². The minimum absolute atomic E-state index is 0.787. The van der Waals surface area contributed by atoms with Gasteiger partial charge in [-0.15, -0.1) is 0 Å². The molecule has 0 radical (unpaired) electrons. The average molecular weight is 603 g/mol. The molecule has 1 N–H and O–H groups in total. The first-order valence-electron chi connectivity index (χ1n) is 16.0. The van der Waals surface area contributed by atoms with Crippen LogP contribution in [0.4, 0.5) is 0 Å². The van der Waals surface area contributed by atoms with Crippen LogP contribution in [0.2, 0.25) is 0 Å². The molecule has 0 aliphatic rings. The molecule has 0 fully saturated rings. The number of nitrogens with zero attached hydrogens (tertiary/aromatic N) is 2. The molecule has 47 heavy (non-hydrogen) atoms. The highest BCUT2D eigenvalue weighted by Crippen LogP contribution is 2.43. The predicted octanol–water partition coefficient (Wildman–Crippen LogP) is 10.4. The molecule has 0 saturated carbocycles. The van der Waals surface area contributed by atoms with Crippen LogP contribution in [-0.2, 0) is 5.60 Å². The normalized spacial score (nSPS) is 11.9. The SMILES string of the molecule is OC(c1ccccc1)(c1ccccc1)c1cccc(-c2nc3ccccc3c3c2ccc2c4ccccc4n(-c4ccccc4)c23)c1. The fourth-order valence-corrected chi connectivity index (χ4v) is 7.31. The van der Waals surface area contributed by atoms with Crippen molar-refractivity contribution in [2.24, 2.45) is 0 Å². The van der Waals surface area contributed by atoms with Crippen LogP contribution in [0.5, 0.6) is 0 Å². The number of hydrogen-bond donors (Lipinski definition) is 1.